The third-order valence-corrected chi connectivity index (χ3v) is 3.81. The maximum absolute atomic E-state index is 5.85. The minimum atomic E-state index is 0.406. The molecule has 2 aromatic carbocycles. The lowest BCUT2D eigenvalue weighted by Crippen LogP contribution is -2.36. The van der Waals surface area contributed by atoms with Gasteiger partial charge in [-0.1, -0.05) is 44.2 Å². The Morgan fingerprint density at radius 3 is 2.30 bits per heavy atom. The van der Waals surface area contributed by atoms with E-state index in [0.29, 0.717) is 17.6 Å². The Bertz CT molecular complexity index is 611. The third-order valence-electron chi connectivity index (χ3n) is 3.59. The number of hydrogen-bond donors (Lipinski definition) is 1. The van der Waals surface area contributed by atoms with E-state index in [9.17, 15) is 0 Å². The molecule has 3 nitrogen and oxygen atoms in total. The van der Waals surface area contributed by atoms with Crippen molar-refractivity contribution in [2.75, 3.05) is 11.4 Å². The molecule has 4 heteroatoms. The monoisotopic (exact) mass is 328 g/mol. The van der Waals surface area contributed by atoms with Gasteiger partial charge in [-0.15, -0.1) is 0 Å². The van der Waals surface area contributed by atoms with E-state index in [1.807, 2.05) is 47.4 Å². The molecule has 0 aliphatic carbocycles. The molecule has 23 heavy (non-hydrogen) atoms. The summed E-state index contributed by atoms with van der Waals surface area (Å²) in [5.41, 5.74) is 8.01. The summed E-state index contributed by atoms with van der Waals surface area (Å²) in [4.78, 5) is 1.97. The number of thiocarbonyl (C=S) groups is 1. The van der Waals surface area contributed by atoms with Gasteiger partial charge in [-0.3, -0.25) is 0 Å². The predicted octanol–water partition coefficient (Wildman–Crippen LogP) is 4.36. The fourth-order valence-corrected chi connectivity index (χ4v) is 2.41. The molecule has 0 saturated carbocycles. The second-order valence-electron chi connectivity index (χ2n) is 5.94. The lowest BCUT2D eigenvalue weighted by atomic mass is 10.1. The maximum Gasteiger partial charge on any atom is 0.170 e. The van der Waals surface area contributed by atoms with E-state index in [2.05, 4.69) is 26.0 Å². The van der Waals surface area contributed by atoms with Crippen molar-refractivity contribution in [2.24, 2.45) is 11.7 Å². The number of anilines is 1. The van der Waals surface area contributed by atoms with Crippen molar-refractivity contribution in [3.05, 3.63) is 60.2 Å². The van der Waals surface area contributed by atoms with Gasteiger partial charge in [-0.05, 0) is 54.4 Å². The van der Waals surface area contributed by atoms with Gasteiger partial charge in [-0.2, -0.15) is 0 Å². The highest BCUT2D eigenvalue weighted by atomic mass is 32.1. The lowest BCUT2D eigenvalue weighted by Gasteiger charge is -2.24. The number of rotatable bonds is 7. The van der Waals surface area contributed by atoms with Crippen LogP contribution in [-0.4, -0.2) is 11.7 Å². The Labute approximate surface area is 144 Å². The zero-order valence-corrected chi connectivity index (χ0v) is 14.6. The molecule has 0 aliphatic heterocycles. The molecule has 0 saturated heterocycles. The van der Waals surface area contributed by atoms with Crippen LogP contribution in [-0.2, 0) is 6.61 Å². The van der Waals surface area contributed by atoms with Crippen molar-refractivity contribution in [1.82, 2.24) is 0 Å². The molecule has 0 bridgehead atoms. The molecule has 0 aromatic heterocycles. The molecule has 0 spiro atoms. The van der Waals surface area contributed by atoms with Gasteiger partial charge in [0.15, 0.2) is 5.11 Å². The predicted molar refractivity (Wildman–Crippen MR) is 101 cm³/mol. The number of nitrogens with two attached hydrogens (primary N) is 1. The Hall–Kier alpha value is -2.07. The van der Waals surface area contributed by atoms with Crippen LogP contribution in [0.1, 0.15) is 25.8 Å². The average Bonchev–Trinajstić information content (AvgIpc) is 2.54. The second-order valence-corrected chi connectivity index (χ2v) is 6.36. The minimum Gasteiger partial charge on any atom is -0.489 e. The maximum atomic E-state index is 5.85. The third kappa shape index (κ3) is 5.57. The van der Waals surface area contributed by atoms with E-state index in [4.69, 9.17) is 22.7 Å². The molecular weight excluding hydrogens is 304 g/mol. The van der Waals surface area contributed by atoms with Crippen LogP contribution in [0.25, 0.3) is 0 Å². The summed E-state index contributed by atoms with van der Waals surface area (Å²) in [5.74, 6) is 1.45. The first-order valence-corrected chi connectivity index (χ1v) is 8.31. The SMILES string of the molecule is CC(C)CCN(C(N)=S)c1ccc(OCc2ccccc2)cc1. The van der Waals surface area contributed by atoms with Gasteiger partial charge in [0, 0.05) is 12.2 Å². The summed E-state index contributed by atoms with van der Waals surface area (Å²) in [6.45, 7) is 5.78. The zero-order chi connectivity index (χ0) is 16.7. The van der Waals surface area contributed by atoms with Gasteiger partial charge in [0.05, 0.1) is 0 Å². The highest BCUT2D eigenvalue weighted by Gasteiger charge is 2.10. The number of hydrogen-bond acceptors (Lipinski definition) is 2. The molecule has 122 valence electrons. The van der Waals surface area contributed by atoms with E-state index < -0.39 is 0 Å². The van der Waals surface area contributed by atoms with Crippen molar-refractivity contribution >= 4 is 23.0 Å². The van der Waals surface area contributed by atoms with Gasteiger partial charge < -0.3 is 15.4 Å². The van der Waals surface area contributed by atoms with Crippen molar-refractivity contribution in [3.8, 4) is 5.75 Å². The largest absolute Gasteiger partial charge is 0.489 e. The fourth-order valence-electron chi connectivity index (χ4n) is 2.22. The minimum absolute atomic E-state index is 0.406. The molecule has 0 aliphatic rings. The summed E-state index contributed by atoms with van der Waals surface area (Å²) >= 11 is 5.17. The topological polar surface area (TPSA) is 38.5 Å². The zero-order valence-electron chi connectivity index (χ0n) is 13.7. The summed E-state index contributed by atoms with van der Waals surface area (Å²) in [5, 5.41) is 0.406. The smallest absolute Gasteiger partial charge is 0.170 e. The van der Waals surface area contributed by atoms with E-state index in [0.717, 1.165) is 30.0 Å². The van der Waals surface area contributed by atoms with Crippen molar-refractivity contribution < 1.29 is 4.74 Å². The van der Waals surface area contributed by atoms with Crippen LogP contribution >= 0.6 is 12.2 Å². The summed E-state index contributed by atoms with van der Waals surface area (Å²) in [6, 6.07) is 18.0. The first-order valence-electron chi connectivity index (χ1n) is 7.90. The molecule has 0 unspecified atom stereocenters. The second kappa shape index (κ2) is 8.53. The van der Waals surface area contributed by atoms with Gasteiger partial charge >= 0.3 is 0 Å². The van der Waals surface area contributed by atoms with Crippen LogP contribution in [0.15, 0.2) is 54.6 Å². The van der Waals surface area contributed by atoms with E-state index >= 15 is 0 Å². The van der Waals surface area contributed by atoms with Crippen molar-refractivity contribution in [3.63, 3.8) is 0 Å². The van der Waals surface area contributed by atoms with Crippen LogP contribution in [0.4, 0.5) is 5.69 Å². The van der Waals surface area contributed by atoms with Crippen LogP contribution in [0.2, 0.25) is 0 Å². The highest BCUT2D eigenvalue weighted by molar-refractivity contribution is 7.80. The van der Waals surface area contributed by atoms with Gasteiger partial charge in [0.25, 0.3) is 0 Å². The summed E-state index contributed by atoms with van der Waals surface area (Å²) < 4.78 is 5.80. The van der Waals surface area contributed by atoms with E-state index in [1.165, 1.54) is 0 Å². The molecule has 2 aromatic rings. The van der Waals surface area contributed by atoms with Gasteiger partial charge in [-0.25, -0.2) is 0 Å². The van der Waals surface area contributed by atoms with Gasteiger partial charge in [0.2, 0.25) is 0 Å². The summed E-state index contributed by atoms with van der Waals surface area (Å²) in [6.07, 6.45) is 1.05. The average molecular weight is 328 g/mol. The quantitative estimate of drug-likeness (QED) is 0.766. The molecule has 0 amide bonds. The number of nitrogens with zero attached hydrogens (tertiary/aromatic N) is 1. The lowest BCUT2D eigenvalue weighted by molar-refractivity contribution is 0.306. The van der Waals surface area contributed by atoms with Crippen molar-refractivity contribution in [2.45, 2.75) is 26.9 Å². The fraction of sp³-hybridized carbons (Fsp3) is 0.316. The van der Waals surface area contributed by atoms with Crippen LogP contribution < -0.4 is 15.4 Å². The Morgan fingerprint density at radius 2 is 1.74 bits per heavy atom. The van der Waals surface area contributed by atoms with Crippen LogP contribution in [0, 0.1) is 5.92 Å². The number of benzene rings is 2. The summed E-state index contributed by atoms with van der Waals surface area (Å²) in [7, 11) is 0. The first-order chi connectivity index (χ1) is 11.1. The van der Waals surface area contributed by atoms with Gasteiger partial charge in [0.1, 0.15) is 12.4 Å². The molecule has 0 fully saturated rings. The van der Waals surface area contributed by atoms with Crippen LogP contribution in [0.3, 0.4) is 0 Å². The molecule has 0 heterocycles. The van der Waals surface area contributed by atoms with E-state index in [1.54, 1.807) is 0 Å². The number of ether oxygens (including phenoxy) is 1. The first kappa shape index (κ1) is 17.3. The van der Waals surface area contributed by atoms with E-state index in [-0.39, 0.29) is 0 Å². The highest BCUT2D eigenvalue weighted by Crippen LogP contribution is 2.21. The normalized spacial score (nSPS) is 10.6. The Balaban J connectivity index is 1.98. The Morgan fingerprint density at radius 1 is 1.09 bits per heavy atom. The molecule has 2 rings (SSSR count). The molecule has 2 N–H and O–H groups in total. The molecular formula is C19H24N2OS. The van der Waals surface area contributed by atoms with Crippen LogP contribution in [0.5, 0.6) is 5.75 Å². The standard InChI is InChI=1S/C19H24N2OS/c1-15(2)12-13-21(19(20)23)17-8-10-18(11-9-17)22-14-16-6-4-3-5-7-16/h3-11,15H,12-14H2,1-2H3,(H2,20,23). The van der Waals surface area contributed by atoms with Crippen molar-refractivity contribution in [1.29, 1.82) is 0 Å². The Kier molecular flexibility index (Phi) is 6.41. The molecule has 0 atom stereocenters. The molecule has 0 radical (unpaired) electrons.